The van der Waals surface area contributed by atoms with Crippen LogP contribution in [0.2, 0.25) is 0 Å². The van der Waals surface area contributed by atoms with E-state index in [1.54, 1.807) is 0 Å². The zero-order valence-corrected chi connectivity index (χ0v) is 9.91. The summed E-state index contributed by atoms with van der Waals surface area (Å²) in [5, 5.41) is 26.5. The summed E-state index contributed by atoms with van der Waals surface area (Å²) >= 11 is 0. The predicted molar refractivity (Wildman–Crippen MR) is 56.5 cm³/mol. The van der Waals surface area contributed by atoms with Gasteiger partial charge in [0.15, 0.2) is 0 Å². The molecule has 6 N–H and O–H groups in total. The molecule has 0 rings (SSSR count). The standard InChI is InChI=1S/C8H12O4.H3O4P/c1-3-6(7(10)11)8(2,12)4-5-9;1-5(2,3)4/h1,6,9,12H,4-5H2,2H3,(H,10,11);(H3,1,2,3,4). The average Bonchev–Trinajstić information content (AvgIpc) is 1.99. The zero-order valence-electron chi connectivity index (χ0n) is 9.02. The van der Waals surface area contributed by atoms with Crippen molar-refractivity contribution in [3.8, 4) is 12.3 Å². The van der Waals surface area contributed by atoms with Crippen LogP contribution in [0, 0.1) is 18.3 Å². The summed E-state index contributed by atoms with van der Waals surface area (Å²) in [7, 11) is -4.64. The molecule has 0 saturated carbocycles. The summed E-state index contributed by atoms with van der Waals surface area (Å²) in [5.74, 6) is -0.561. The number of terminal acetylenes is 1. The van der Waals surface area contributed by atoms with E-state index in [1.165, 1.54) is 6.92 Å². The quantitative estimate of drug-likeness (QED) is 0.267. The van der Waals surface area contributed by atoms with Gasteiger partial charge in [-0.15, -0.1) is 6.42 Å². The smallest absolute Gasteiger partial charge is 0.466 e. The highest BCUT2D eigenvalue weighted by Gasteiger charge is 2.35. The number of rotatable bonds is 4. The molecule has 2 atom stereocenters. The predicted octanol–water partition coefficient (Wildman–Crippen LogP) is -1.47. The maximum absolute atomic E-state index is 10.5. The molecule has 100 valence electrons. The van der Waals surface area contributed by atoms with Gasteiger partial charge in [0.25, 0.3) is 0 Å². The molecule has 0 aromatic heterocycles. The summed E-state index contributed by atoms with van der Waals surface area (Å²) in [5.41, 5.74) is -1.55. The first-order chi connectivity index (χ1) is 7.45. The molecule has 0 spiro atoms. The van der Waals surface area contributed by atoms with Crippen molar-refractivity contribution in [1.29, 1.82) is 0 Å². The van der Waals surface area contributed by atoms with Crippen molar-refractivity contribution in [2.75, 3.05) is 6.61 Å². The highest BCUT2D eigenvalue weighted by Crippen LogP contribution is 2.25. The summed E-state index contributed by atoms with van der Waals surface area (Å²) in [4.78, 5) is 32.0. The fraction of sp³-hybridized carbons (Fsp3) is 0.625. The first-order valence-electron chi connectivity index (χ1n) is 4.26. The number of hydrogen-bond donors (Lipinski definition) is 6. The fourth-order valence-electron chi connectivity index (χ4n) is 0.888. The first kappa shape index (κ1) is 18.4. The Morgan fingerprint density at radius 2 is 1.82 bits per heavy atom. The van der Waals surface area contributed by atoms with Crippen LogP contribution in [0.1, 0.15) is 13.3 Å². The molecular weight excluding hydrogens is 255 g/mol. The van der Waals surface area contributed by atoms with E-state index in [0.717, 1.165) is 0 Å². The van der Waals surface area contributed by atoms with Crippen LogP contribution < -0.4 is 0 Å². The van der Waals surface area contributed by atoms with E-state index in [4.69, 9.17) is 35.9 Å². The van der Waals surface area contributed by atoms with Gasteiger partial charge in [0, 0.05) is 13.0 Å². The average molecular weight is 270 g/mol. The topological polar surface area (TPSA) is 156 Å². The number of carboxylic acid groups (broad SMARTS) is 1. The number of phosphoric acid groups is 1. The molecule has 2 unspecified atom stereocenters. The molecule has 0 radical (unpaired) electrons. The van der Waals surface area contributed by atoms with Gasteiger partial charge in [0.2, 0.25) is 0 Å². The van der Waals surface area contributed by atoms with Crippen molar-refractivity contribution in [1.82, 2.24) is 0 Å². The van der Waals surface area contributed by atoms with Gasteiger partial charge in [-0.3, -0.25) is 4.79 Å². The van der Waals surface area contributed by atoms with Gasteiger partial charge in [-0.05, 0) is 6.92 Å². The molecule has 0 aliphatic carbocycles. The fourth-order valence-corrected chi connectivity index (χ4v) is 0.888. The Hall–Kier alpha value is -0.940. The molecule has 0 aromatic rings. The van der Waals surface area contributed by atoms with Crippen molar-refractivity contribution >= 4 is 13.8 Å². The van der Waals surface area contributed by atoms with Gasteiger partial charge in [-0.2, -0.15) is 0 Å². The lowest BCUT2D eigenvalue weighted by Gasteiger charge is -2.25. The largest absolute Gasteiger partial charge is 0.480 e. The van der Waals surface area contributed by atoms with Gasteiger partial charge in [0.05, 0.1) is 5.60 Å². The Bertz CT molecular complexity index is 317. The molecule has 9 heteroatoms. The van der Waals surface area contributed by atoms with Crippen LogP contribution in [0.25, 0.3) is 0 Å². The van der Waals surface area contributed by atoms with E-state index in [9.17, 15) is 9.90 Å². The molecule has 0 aromatic carbocycles. The number of carboxylic acids is 1. The van der Waals surface area contributed by atoms with Crippen LogP contribution >= 0.6 is 7.82 Å². The second-order valence-electron chi connectivity index (χ2n) is 3.28. The number of aliphatic hydroxyl groups excluding tert-OH is 1. The second-order valence-corrected chi connectivity index (χ2v) is 4.31. The van der Waals surface area contributed by atoms with Gasteiger partial charge in [-0.1, -0.05) is 5.92 Å². The highest BCUT2D eigenvalue weighted by molar-refractivity contribution is 7.45. The first-order valence-corrected chi connectivity index (χ1v) is 5.82. The maximum Gasteiger partial charge on any atom is 0.466 e. The van der Waals surface area contributed by atoms with E-state index >= 15 is 0 Å². The number of hydrogen-bond acceptors (Lipinski definition) is 4. The Morgan fingerprint density at radius 1 is 1.47 bits per heavy atom. The Labute approximate surface area is 97.8 Å². The van der Waals surface area contributed by atoms with E-state index in [2.05, 4.69) is 0 Å². The van der Waals surface area contributed by atoms with Crippen LogP contribution in [-0.2, 0) is 9.36 Å². The minimum absolute atomic E-state index is 0.0475. The summed E-state index contributed by atoms with van der Waals surface area (Å²) in [6.07, 6.45) is 4.87. The van der Waals surface area contributed by atoms with Gasteiger partial charge >= 0.3 is 13.8 Å². The Balaban J connectivity index is 0. The van der Waals surface area contributed by atoms with E-state index in [-0.39, 0.29) is 13.0 Å². The molecule has 0 amide bonds. The molecule has 0 bridgehead atoms. The van der Waals surface area contributed by atoms with Crippen molar-refractivity contribution < 1.29 is 39.4 Å². The van der Waals surface area contributed by atoms with Crippen molar-refractivity contribution in [3.63, 3.8) is 0 Å². The lowest BCUT2D eigenvalue weighted by molar-refractivity contribution is -0.147. The summed E-state index contributed by atoms with van der Waals surface area (Å²) in [6.45, 7) is 1.00. The molecule has 0 heterocycles. The molecule has 0 aliphatic heterocycles. The third-order valence-corrected chi connectivity index (χ3v) is 1.65. The van der Waals surface area contributed by atoms with Gasteiger partial charge in [-0.25, -0.2) is 4.57 Å². The maximum atomic E-state index is 10.5. The van der Waals surface area contributed by atoms with E-state index < -0.39 is 25.3 Å². The minimum atomic E-state index is -4.64. The van der Waals surface area contributed by atoms with Gasteiger partial charge < -0.3 is 30.0 Å². The number of aliphatic hydroxyl groups is 2. The van der Waals surface area contributed by atoms with Gasteiger partial charge in [0.1, 0.15) is 5.92 Å². The molecule has 17 heavy (non-hydrogen) atoms. The molecule has 0 saturated heterocycles. The van der Waals surface area contributed by atoms with Crippen LogP contribution in [0.5, 0.6) is 0 Å². The van der Waals surface area contributed by atoms with Crippen LogP contribution in [-0.4, -0.2) is 48.2 Å². The van der Waals surface area contributed by atoms with Crippen LogP contribution in [0.15, 0.2) is 0 Å². The lowest BCUT2D eigenvalue weighted by Crippen LogP contribution is -2.39. The molecular formula is C8H15O8P. The zero-order chi connectivity index (χ0) is 14.3. The normalized spacial score (nSPS) is 15.8. The molecule has 0 fully saturated rings. The third-order valence-electron chi connectivity index (χ3n) is 1.65. The number of carbonyl (C=O) groups is 1. The van der Waals surface area contributed by atoms with Crippen LogP contribution in [0.4, 0.5) is 0 Å². The molecule has 8 nitrogen and oxygen atoms in total. The lowest BCUT2D eigenvalue weighted by atomic mass is 9.87. The second kappa shape index (κ2) is 7.40. The Kier molecular flexibility index (Phi) is 8.02. The molecule has 0 aliphatic rings. The minimum Gasteiger partial charge on any atom is -0.480 e. The van der Waals surface area contributed by atoms with Crippen molar-refractivity contribution in [2.45, 2.75) is 18.9 Å². The monoisotopic (exact) mass is 270 g/mol. The Morgan fingerprint density at radius 3 is 2.00 bits per heavy atom. The van der Waals surface area contributed by atoms with Crippen molar-refractivity contribution in [3.05, 3.63) is 0 Å². The van der Waals surface area contributed by atoms with E-state index in [1.807, 2.05) is 5.92 Å². The summed E-state index contributed by atoms with van der Waals surface area (Å²) in [6, 6.07) is 0. The summed E-state index contributed by atoms with van der Waals surface area (Å²) < 4.78 is 8.88. The van der Waals surface area contributed by atoms with Crippen molar-refractivity contribution in [2.24, 2.45) is 5.92 Å². The number of aliphatic carboxylic acids is 1. The third kappa shape index (κ3) is 11.3. The highest BCUT2D eigenvalue weighted by atomic mass is 31.2. The van der Waals surface area contributed by atoms with E-state index in [0.29, 0.717) is 0 Å². The van der Waals surface area contributed by atoms with Crippen LogP contribution in [0.3, 0.4) is 0 Å². The SMILES string of the molecule is C#CC(C(=O)O)C(C)(O)CCO.O=P(O)(O)O.